The third-order valence-corrected chi connectivity index (χ3v) is 13.9. The number of aromatic nitrogens is 1. The summed E-state index contributed by atoms with van der Waals surface area (Å²) in [6.45, 7) is 5.52. The van der Waals surface area contributed by atoms with Gasteiger partial charge in [-0.15, -0.1) is 4.73 Å². The number of nitrogens with zero attached hydrogens (tertiary/aromatic N) is 3. The Labute approximate surface area is 424 Å². The molecule has 5 N–H and O–H groups in total. The largest absolute Gasteiger partial charge is 0.492 e. The second-order valence-electron chi connectivity index (χ2n) is 16.7. The van der Waals surface area contributed by atoms with Gasteiger partial charge in [-0.2, -0.15) is 25.3 Å². The molecule has 5 rings (SSSR count). The lowest BCUT2D eigenvalue weighted by Crippen LogP contribution is -2.35. The van der Waals surface area contributed by atoms with E-state index in [4.69, 9.17) is 37.7 Å². The lowest BCUT2D eigenvalue weighted by Gasteiger charge is -2.30. The molecule has 23 nitrogen and oxygen atoms in total. The van der Waals surface area contributed by atoms with Gasteiger partial charge in [0, 0.05) is 60.6 Å². The van der Waals surface area contributed by atoms with Gasteiger partial charge in [0.25, 0.3) is 30.4 Å². The van der Waals surface area contributed by atoms with Gasteiger partial charge in [0.1, 0.15) is 18.9 Å². The van der Waals surface area contributed by atoms with Crippen molar-refractivity contribution in [3.05, 3.63) is 95.2 Å². The summed E-state index contributed by atoms with van der Waals surface area (Å²) >= 11 is 0. The van der Waals surface area contributed by atoms with Gasteiger partial charge in [0.2, 0.25) is 17.1 Å². The maximum Gasteiger partial charge on any atom is 0.335 e. The summed E-state index contributed by atoms with van der Waals surface area (Å²) in [5, 5.41) is 19.9. The molecule has 3 heterocycles. The van der Waals surface area contributed by atoms with E-state index in [9.17, 15) is 53.9 Å². The van der Waals surface area contributed by atoms with Crippen molar-refractivity contribution >= 4 is 48.1 Å². The Kier molecular flexibility index (Phi) is 22.4. The zero-order chi connectivity index (χ0) is 53.1. The fraction of sp³-hybridized carbons (Fsp3) is 0.489. The number of ether oxygens (including phenoxy) is 6. The zero-order valence-electron chi connectivity index (χ0n) is 40.6. The van der Waals surface area contributed by atoms with Crippen LogP contribution in [-0.4, -0.2) is 171 Å². The fourth-order valence-corrected chi connectivity index (χ4v) is 9.46. The molecule has 1 aliphatic carbocycles. The summed E-state index contributed by atoms with van der Waals surface area (Å²) < 4.78 is 142. The van der Waals surface area contributed by atoms with Crippen LogP contribution in [0.1, 0.15) is 43.7 Å². The first kappa shape index (κ1) is 58.7. The standard InChI is InChI=1S/C47H63N3O20S3/c1-47(16-4-32-71(54,55)56)40-35-38(73(60,61)62)9-11-41(40)49(19-23-66-28-31-68-29-26-64-20-15-46(53)70-50-44(51)12-13-45(50)52)43(47)7-3-6-36-14-21-69-42-34-37(8-10-39(36)42)48(17-5-33-72(57,58)59)18-22-65-27-30-67-25-24-63-2/h3,6-14,21,34-35H,4-5,15-20,22-33H2,1-2H3,(H4-,51,52,54,55,56,57,58,59,60,61,62)/p+1. The topological polar surface area (TPSA) is 310 Å². The molecule has 1 aromatic heterocycles. The average Bonchev–Trinajstić information content (AvgIpc) is 3.76. The van der Waals surface area contributed by atoms with Gasteiger partial charge >= 0.3 is 5.97 Å². The van der Waals surface area contributed by atoms with E-state index < -0.39 is 65.0 Å². The minimum Gasteiger partial charge on any atom is -0.492 e. The Morgan fingerprint density at radius 2 is 1.34 bits per heavy atom. The van der Waals surface area contributed by atoms with Crippen LogP contribution in [0.5, 0.6) is 11.8 Å². The van der Waals surface area contributed by atoms with Crippen LogP contribution < -0.4 is 19.7 Å². The van der Waals surface area contributed by atoms with Crippen molar-refractivity contribution in [3.63, 3.8) is 0 Å². The summed E-state index contributed by atoms with van der Waals surface area (Å²) in [7, 11) is -11.6. The van der Waals surface area contributed by atoms with Crippen LogP contribution in [-0.2, 0) is 69.0 Å². The highest BCUT2D eigenvalue weighted by molar-refractivity contribution is 7.86. The van der Waals surface area contributed by atoms with Crippen LogP contribution in [0.25, 0.3) is 17.4 Å². The highest BCUT2D eigenvalue weighted by Gasteiger charge is 2.44. The van der Waals surface area contributed by atoms with Crippen molar-refractivity contribution in [2.45, 2.75) is 42.9 Å². The Morgan fingerprint density at radius 1 is 0.726 bits per heavy atom. The summed E-state index contributed by atoms with van der Waals surface area (Å²) in [5.74, 6) is -2.10. The van der Waals surface area contributed by atoms with Crippen LogP contribution in [0.15, 0.2) is 88.0 Å². The van der Waals surface area contributed by atoms with Gasteiger partial charge in [-0.25, -0.2) is 9.37 Å². The first-order chi connectivity index (χ1) is 34.7. The first-order valence-electron chi connectivity index (χ1n) is 23.2. The summed E-state index contributed by atoms with van der Waals surface area (Å²) in [4.78, 5) is 18.4. The van der Waals surface area contributed by atoms with E-state index in [1.54, 1.807) is 25.3 Å². The third-order valence-electron chi connectivity index (χ3n) is 11.5. The SMILES string of the molecule is COCCOCCOCC[N+](CCCS(=O)(=O)O)=c1ccc2c(C=CC=C3N(CCOCCOCCOCCC(=O)On4c(O)ccc4O)c4ccc(S(=O)(=O)O)cc4C3(C)CCCS(=O)(=O)O)ccoc-2c1. The van der Waals surface area contributed by atoms with E-state index in [1.165, 1.54) is 18.4 Å². The van der Waals surface area contributed by atoms with E-state index in [0.717, 1.165) is 28.6 Å². The van der Waals surface area contributed by atoms with Gasteiger partial charge in [0.05, 0.1) is 101 Å². The Balaban J connectivity index is 1.31. The number of hydrogen-bond acceptors (Lipinski definition) is 18. The van der Waals surface area contributed by atoms with Crippen molar-refractivity contribution < 1.29 is 91.6 Å². The van der Waals surface area contributed by atoms with Gasteiger partial charge in [-0.1, -0.05) is 12.2 Å². The number of aromatic hydroxyl groups is 2. The summed E-state index contributed by atoms with van der Waals surface area (Å²) in [6.07, 6.45) is 7.11. The smallest absolute Gasteiger partial charge is 0.335 e. The van der Waals surface area contributed by atoms with Crippen molar-refractivity contribution in [3.8, 4) is 23.1 Å². The second-order valence-corrected chi connectivity index (χ2v) is 21.3. The van der Waals surface area contributed by atoms with Crippen LogP contribution >= 0.6 is 0 Å². The van der Waals surface area contributed by atoms with Crippen LogP contribution in [0.4, 0.5) is 5.69 Å². The van der Waals surface area contributed by atoms with Gasteiger partial charge in [0.15, 0.2) is 6.54 Å². The number of benzene rings is 2. The molecule has 0 saturated carbocycles. The molecule has 1 unspecified atom stereocenters. The fourth-order valence-electron chi connectivity index (χ4n) is 7.95. The molecule has 0 amide bonds. The minimum absolute atomic E-state index is 0.000269. The lowest BCUT2D eigenvalue weighted by molar-refractivity contribution is -0.146. The molecule has 0 radical (unpaired) electrons. The summed E-state index contributed by atoms with van der Waals surface area (Å²) in [6, 6.07) is 13.8. The van der Waals surface area contributed by atoms with Crippen molar-refractivity contribution in [2.24, 2.45) is 0 Å². The number of allylic oxidation sites excluding steroid dienone is 3. The second kappa shape index (κ2) is 27.9. The van der Waals surface area contributed by atoms with Gasteiger partial charge < -0.3 is 52.8 Å². The number of hydrogen-bond donors (Lipinski definition) is 5. The van der Waals surface area contributed by atoms with Crippen molar-refractivity contribution in [2.75, 3.05) is 116 Å². The number of fused-ring (bicyclic) bond motifs is 2. The molecule has 2 aliphatic heterocycles. The first-order valence-corrected chi connectivity index (χ1v) is 27.8. The van der Waals surface area contributed by atoms with Crippen LogP contribution in [0.2, 0.25) is 0 Å². The van der Waals surface area contributed by atoms with E-state index in [-0.39, 0.29) is 83.3 Å². The minimum atomic E-state index is -4.65. The van der Waals surface area contributed by atoms with Gasteiger partial charge in [-0.05, 0) is 67.3 Å². The number of carbonyl (C=O) groups excluding carboxylic acids is 1. The molecular formula is C47H64N3O20S3+. The quantitative estimate of drug-likeness (QED) is 0.0260. The molecule has 0 spiro atoms. The maximum atomic E-state index is 12.4. The highest BCUT2D eigenvalue weighted by Crippen LogP contribution is 2.51. The number of carbonyl (C=O) groups is 1. The van der Waals surface area contributed by atoms with E-state index in [1.807, 2.05) is 46.8 Å². The molecular weight excluding hydrogens is 1020 g/mol. The zero-order valence-corrected chi connectivity index (χ0v) is 43.0. The molecule has 0 saturated heterocycles. The molecule has 73 heavy (non-hydrogen) atoms. The monoisotopic (exact) mass is 1090 g/mol. The molecule has 0 fully saturated rings. The molecule has 2 aromatic rings. The Hall–Kier alpha value is -5.23. The molecule has 404 valence electrons. The molecule has 1 aromatic carbocycles. The third kappa shape index (κ3) is 18.6. The predicted molar refractivity (Wildman–Crippen MR) is 265 cm³/mol. The van der Waals surface area contributed by atoms with Crippen LogP contribution in [0, 0.1) is 0 Å². The lowest BCUT2D eigenvalue weighted by atomic mass is 9.77. The number of methoxy groups -OCH3 is 1. The molecule has 0 bridgehead atoms. The summed E-state index contributed by atoms with van der Waals surface area (Å²) in [5.41, 5.74) is 2.15. The van der Waals surface area contributed by atoms with Crippen LogP contribution in [0.3, 0.4) is 0 Å². The molecule has 26 heteroatoms. The number of anilines is 1. The van der Waals surface area contributed by atoms with Crippen molar-refractivity contribution in [1.29, 1.82) is 0 Å². The molecule has 3 aliphatic rings. The predicted octanol–water partition coefficient (Wildman–Crippen LogP) is 3.01. The number of rotatable bonds is 33. The van der Waals surface area contributed by atoms with E-state index in [0.29, 0.717) is 67.0 Å². The Morgan fingerprint density at radius 3 is 1.99 bits per heavy atom. The van der Waals surface area contributed by atoms with Crippen molar-refractivity contribution in [1.82, 2.24) is 9.31 Å². The van der Waals surface area contributed by atoms with E-state index in [2.05, 4.69) is 0 Å². The maximum absolute atomic E-state index is 12.4. The Bertz CT molecular complexity index is 2860. The molecule has 1 atom stereocenters. The average molecular weight is 1090 g/mol. The van der Waals surface area contributed by atoms with Gasteiger partial charge in [-0.3, -0.25) is 13.7 Å². The normalized spacial score (nSPS) is 16.2. The highest BCUT2D eigenvalue weighted by atomic mass is 32.2. The van der Waals surface area contributed by atoms with E-state index >= 15 is 0 Å².